The Bertz CT molecular complexity index is 362. The van der Waals surface area contributed by atoms with Crippen LogP contribution in [-0.2, 0) is 5.33 Å². The summed E-state index contributed by atoms with van der Waals surface area (Å²) in [5, 5.41) is 0.226. The Hall–Kier alpha value is -0.710. The Kier molecular flexibility index (Phi) is 3.19. The number of hydrogen-bond acceptors (Lipinski definition) is 1. The lowest BCUT2D eigenvalue weighted by atomic mass is 10.1. The average Bonchev–Trinajstić information content (AvgIpc) is 2.01. The highest BCUT2D eigenvalue weighted by Gasteiger charge is 2.16. The summed E-state index contributed by atoms with van der Waals surface area (Å²) in [7, 11) is 0. The lowest BCUT2D eigenvalue weighted by molar-refractivity contribution is 0.149. The van der Waals surface area contributed by atoms with Crippen molar-refractivity contribution in [3.05, 3.63) is 33.2 Å². The summed E-state index contributed by atoms with van der Waals surface area (Å²) in [6, 6.07) is 1.17. The van der Waals surface area contributed by atoms with Crippen molar-refractivity contribution < 1.29 is 8.78 Å². The molecule has 0 spiro atoms. The third kappa shape index (κ3) is 2.15. The zero-order valence-electron chi connectivity index (χ0n) is 6.90. The number of aryl methyl sites for hydroxylation is 1. The highest BCUT2D eigenvalue weighted by molar-refractivity contribution is 9.08. The zero-order valence-corrected chi connectivity index (χ0v) is 8.49. The minimum absolute atomic E-state index is 0.0866. The largest absolute Gasteiger partial charge is 0.325 e. The molecule has 0 aliphatic carbocycles. The van der Waals surface area contributed by atoms with Crippen LogP contribution in [0.3, 0.4) is 0 Å². The number of rotatable bonds is 2. The molecule has 0 unspecified atom stereocenters. The fourth-order valence-electron chi connectivity index (χ4n) is 1.17. The van der Waals surface area contributed by atoms with Gasteiger partial charge in [0.25, 0.3) is 6.43 Å². The maximum Gasteiger partial charge on any atom is 0.265 e. The van der Waals surface area contributed by atoms with E-state index in [9.17, 15) is 13.6 Å². The van der Waals surface area contributed by atoms with Crippen LogP contribution in [0.1, 0.15) is 23.2 Å². The quantitative estimate of drug-likeness (QED) is 0.806. The Morgan fingerprint density at radius 2 is 2.23 bits per heavy atom. The minimum atomic E-state index is -2.55. The second kappa shape index (κ2) is 4.00. The molecule has 1 heterocycles. The monoisotopic (exact) mass is 251 g/mol. The van der Waals surface area contributed by atoms with Gasteiger partial charge in [0.05, 0.1) is 0 Å². The first-order valence-electron chi connectivity index (χ1n) is 3.63. The van der Waals surface area contributed by atoms with Gasteiger partial charge in [0.2, 0.25) is 5.56 Å². The van der Waals surface area contributed by atoms with Crippen LogP contribution in [0.5, 0.6) is 0 Å². The Labute approximate surface area is 82.1 Å². The van der Waals surface area contributed by atoms with Crippen LogP contribution in [0.4, 0.5) is 8.78 Å². The molecule has 72 valence electrons. The van der Waals surface area contributed by atoms with Crippen molar-refractivity contribution >= 4 is 15.9 Å². The first kappa shape index (κ1) is 10.4. The lowest BCUT2D eigenvalue weighted by Gasteiger charge is -2.08. The van der Waals surface area contributed by atoms with E-state index in [1.165, 1.54) is 13.0 Å². The summed E-state index contributed by atoms with van der Waals surface area (Å²) < 4.78 is 24.9. The normalized spacial score (nSPS) is 10.8. The summed E-state index contributed by atoms with van der Waals surface area (Å²) >= 11 is 3.04. The van der Waals surface area contributed by atoms with Gasteiger partial charge in [0.1, 0.15) is 0 Å². The van der Waals surface area contributed by atoms with E-state index in [-0.39, 0.29) is 22.1 Å². The zero-order chi connectivity index (χ0) is 10.0. The van der Waals surface area contributed by atoms with Gasteiger partial charge in [-0.2, -0.15) is 0 Å². The number of halogens is 3. The lowest BCUT2D eigenvalue weighted by Crippen LogP contribution is -2.12. The van der Waals surface area contributed by atoms with Crippen LogP contribution >= 0.6 is 15.9 Å². The standard InChI is InChI=1S/C8H8BrF2NO/c1-4-2-6(13)12-5(3-9)7(4)8(10)11/h2,8H,3H2,1H3,(H,12,13). The van der Waals surface area contributed by atoms with E-state index in [1.807, 2.05) is 0 Å². The molecule has 0 bridgehead atoms. The first-order chi connectivity index (χ1) is 6.06. The third-order valence-electron chi connectivity index (χ3n) is 1.72. The molecule has 5 heteroatoms. The Morgan fingerprint density at radius 1 is 1.62 bits per heavy atom. The van der Waals surface area contributed by atoms with E-state index in [2.05, 4.69) is 20.9 Å². The van der Waals surface area contributed by atoms with Crippen LogP contribution in [0.25, 0.3) is 0 Å². The molecule has 1 N–H and O–H groups in total. The van der Waals surface area contributed by atoms with Crippen LogP contribution < -0.4 is 5.56 Å². The van der Waals surface area contributed by atoms with Crippen molar-refractivity contribution in [2.75, 3.05) is 0 Å². The maximum absolute atomic E-state index is 12.5. The van der Waals surface area contributed by atoms with Gasteiger partial charge in [-0.05, 0) is 12.5 Å². The minimum Gasteiger partial charge on any atom is -0.325 e. The van der Waals surface area contributed by atoms with Crippen LogP contribution in [0.2, 0.25) is 0 Å². The number of hydrogen-bond donors (Lipinski definition) is 1. The average molecular weight is 252 g/mol. The molecule has 0 aliphatic rings. The number of aromatic nitrogens is 1. The van der Waals surface area contributed by atoms with Crippen molar-refractivity contribution in [2.45, 2.75) is 18.7 Å². The van der Waals surface area contributed by atoms with Gasteiger partial charge in [-0.15, -0.1) is 0 Å². The predicted molar refractivity (Wildman–Crippen MR) is 49.4 cm³/mol. The van der Waals surface area contributed by atoms with Crippen molar-refractivity contribution in [1.82, 2.24) is 4.98 Å². The van der Waals surface area contributed by atoms with E-state index in [1.54, 1.807) is 0 Å². The molecule has 0 saturated heterocycles. The highest BCUT2D eigenvalue weighted by Crippen LogP contribution is 2.25. The SMILES string of the molecule is Cc1cc(=O)[nH]c(CBr)c1C(F)F. The summed E-state index contributed by atoms with van der Waals surface area (Å²) in [6.45, 7) is 1.50. The van der Waals surface area contributed by atoms with E-state index in [0.29, 0.717) is 5.56 Å². The van der Waals surface area contributed by atoms with Crippen molar-refractivity contribution in [3.63, 3.8) is 0 Å². The molecule has 1 rings (SSSR count). The molecular formula is C8H8BrF2NO. The highest BCUT2D eigenvalue weighted by atomic mass is 79.9. The van der Waals surface area contributed by atoms with E-state index in [0.717, 1.165) is 0 Å². The molecule has 0 aromatic carbocycles. The Balaban J connectivity index is 3.38. The van der Waals surface area contributed by atoms with Gasteiger partial charge in [0.15, 0.2) is 0 Å². The second-order valence-electron chi connectivity index (χ2n) is 2.64. The summed E-state index contributed by atoms with van der Waals surface area (Å²) in [4.78, 5) is 13.3. The maximum atomic E-state index is 12.5. The van der Waals surface area contributed by atoms with Gasteiger partial charge < -0.3 is 4.98 Å². The fraction of sp³-hybridized carbons (Fsp3) is 0.375. The summed E-state index contributed by atoms with van der Waals surface area (Å²) in [5.74, 6) is 0. The number of pyridine rings is 1. The number of aromatic amines is 1. The molecule has 0 fully saturated rings. The third-order valence-corrected chi connectivity index (χ3v) is 2.28. The molecular weight excluding hydrogens is 244 g/mol. The molecule has 0 radical (unpaired) electrons. The van der Waals surface area contributed by atoms with Gasteiger partial charge in [-0.3, -0.25) is 4.79 Å². The van der Waals surface area contributed by atoms with Gasteiger partial charge in [-0.25, -0.2) is 8.78 Å². The predicted octanol–water partition coefficient (Wildman–Crippen LogP) is 2.52. The number of nitrogens with one attached hydrogen (secondary N) is 1. The second-order valence-corrected chi connectivity index (χ2v) is 3.20. The summed E-state index contributed by atoms with van der Waals surface area (Å²) in [5.41, 5.74) is 0.140. The fourth-order valence-corrected chi connectivity index (χ4v) is 1.62. The van der Waals surface area contributed by atoms with Gasteiger partial charge in [-0.1, -0.05) is 15.9 Å². The molecule has 1 aromatic heterocycles. The van der Waals surface area contributed by atoms with Gasteiger partial charge >= 0.3 is 0 Å². The van der Waals surface area contributed by atoms with Crippen molar-refractivity contribution in [1.29, 1.82) is 0 Å². The topological polar surface area (TPSA) is 32.9 Å². The van der Waals surface area contributed by atoms with Crippen molar-refractivity contribution in [2.24, 2.45) is 0 Å². The molecule has 2 nitrogen and oxygen atoms in total. The number of alkyl halides is 3. The number of H-pyrrole nitrogens is 1. The molecule has 0 amide bonds. The van der Waals surface area contributed by atoms with E-state index < -0.39 is 6.43 Å². The molecule has 1 aromatic rings. The molecule has 0 aliphatic heterocycles. The summed E-state index contributed by atoms with van der Waals surface area (Å²) in [6.07, 6.45) is -2.55. The molecule has 0 saturated carbocycles. The first-order valence-corrected chi connectivity index (χ1v) is 4.75. The smallest absolute Gasteiger partial charge is 0.265 e. The van der Waals surface area contributed by atoms with E-state index in [4.69, 9.17) is 0 Å². The van der Waals surface area contributed by atoms with Crippen LogP contribution in [0, 0.1) is 6.92 Å². The molecule has 0 atom stereocenters. The Morgan fingerprint density at radius 3 is 2.69 bits per heavy atom. The van der Waals surface area contributed by atoms with Crippen LogP contribution in [-0.4, -0.2) is 4.98 Å². The van der Waals surface area contributed by atoms with E-state index >= 15 is 0 Å². The van der Waals surface area contributed by atoms with Crippen LogP contribution in [0.15, 0.2) is 10.9 Å². The molecule has 13 heavy (non-hydrogen) atoms. The van der Waals surface area contributed by atoms with Gasteiger partial charge in [0, 0.05) is 22.7 Å². The van der Waals surface area contributed by atoms with Crippen molar-refractivity contribution in [3.8, 4) is 0 Å².